The first kappa shape index (κ1) is 18.3. The predicted octanol–water partition coefficient (Wildman–Crippen LogP) is 4.74. The molecule has 0 fully saturated rings. The van der Waals surface area contributed by atoms with Crippen LogP contribution in [0.25, 0.3) is 43.4 Å². The number of rotatable bonds is 3. The third-order valence-corrected chi connectivity index (χ3v) is 5.99. The van der Waals surface area contributed by atoms with Gasteiger partial charge in [-0.1, -0.05) is 18.2 Å². The molecule has 148 valence electrons. The molecule has 0 unspecified atom stereocenters. The zero-order valence-electron chi connectivity index (χ0n) is 16.2. The first-order valence-corrected chi connectivity index (χ1v) is 10.1. The van der Waals surface area contributed by atoms with Gasteiger partial charge >= 0.3 is 0 Å². The molecule has 0 atom stereocenters. The molecule has 3 heterocycles. The van der Waals surface area contributed by atoms with Gasteiger partial charge in [0, 0.05) is 28.0 Å². The summed E-state index contributed by atoms with van der Waals surface area (Å²) in [5.41, 5.74) is 3.51. The number of thiophene rings is 1. The molecule has 3 aromatic heterocycles. The van der Waals surface area contributed by atoms with Crippen molar-refractivity contribution < 1.29 is 9.15 Å². The molecule has 0 saturated carbocycles. The van der Waals surface area contributed by atoms with Crippen LogP contribution in [0.4, 0.5) is 0 Å². The summed E-state index contributed by atoms with van der Waals surface area (Å²) in [6, 6.07) is 14.6. The van der Waals surface area contributed by atoms with E-state index in [-0.39, 0.29) is 11.0 Å². The third-order valence-electron chi connectivity index (χ3n) is 5.01. The molecule has 6 nitrogen and oxygen atoms in total. The van der Waals surface area contributed by atoms with E-state index >= 15 is 0 Å². The Labute approximate surface area is 174 Å². The molecule has 0 bridgehead atoms. The van der Waals surface area contributed by atoms with Gasteiger partial charge in [0.2, 0.25) is 5.43 Å². The summed E-state index contributed by atoms with van der Waals surface area (Å²) in [4.78, 5) is 24.5. The normalized spacial score (nSPS) is 11.3. The zero-order chi connectivity index (χ0) is 20.8. The minimum atomic E-state index is -0.256. The maximum absolute atomic E-state index is 12.3. The summed E-state index contributed by atoms with van der Waals surface area (Å²) < 4.78 is 11.8. The maximum atomic E-state index is 12.3. The highest BCUT2D eigenvalue weighted by Gasteiger charge is 2.15. The molecule has 5 aromatic rings. The molecule has 0 radical (unpaired) electrons. The van der Waals surface area contributed by atoms with E-state index in [2.05, 4.69) is 10.2 Å². The summed E-state index contributed by atoms with van der Waals surface area (Å²) in [7, 11) is 1.58. The molecule has 1 N–H and O–H groups in total. The summed E-state index contributed by atoms with van der Waals surface area (Å²) >= 11 is 1.37. The Morgan fingerprint density at radius 3 is 2.70 bits per heavy atom. The Morgan fingerprint density at radius 1 is 1.03 bits per heavy atom. The number of fused-ring (bicyclic) bond motifs is 2. The van der Waals surface area contributed by atoms with Crippen molar-refractivity contribution in [1.29, 1.82) is 0 Å². The van der Waals surface area contributed by atoms with Crippen molar-refractivity contribution in [3.63, 3.8) is 0 Å². The Hall–Kier alpha value is -3.71. The van der Waals surface area contributed by atoms with Crippen LogP contribution >= 0.6 is 11.3 Å². The molecule has 30 heavy (non-hydrogen) atoms. The molecule has 0 spiro atoms. The Morgan fingerprint density at radius 2 is 1.87 bits per heavy atom. The monoisotopic (exact) mass is 416 g/mol. The standard InChI is InChI=1S/C23H16N2O4S/c1-12-8-19(26)22-21(29-12)18(11-30-22)13-4-3-5-14(9-13)20-17-10-15(28-2)6-7-16(17)23(27)25-24-20/h3-11H,1-2H3,(H,25,27). The van der Waals surface area contributed by atoms with Crippen molar-refractivity contribution in [2.24, 2.45) is 0 Å². The van der Waals surface area contributed by atoms with Crippen LogP contribution in [-0.2, 0) is 0 Å². The molecule has 5 rings (SSSR count). The third kappa shape index (κ3) is 2.91. The number of hydrogen-bond donors (Lipinski definition) is 1. The second-order valence-electron chi connectivity index (χ2n) is 6.92. The Bertz CT molecular complexity index is 1540. The maximum Gasteiger partial charge on any atom is 0.272 e. The number of benzene rings is 2. The van der Waals surface area contributed by atoms with Crippen LogP contribution in [-0.4, -0.2) is 17.3 Å². The fourth-order valence-corrected chi connectivity index (χ4v) is 4.50. The van der Waals surface area contributed by atoms with Gasteiger partial charge in [-0.15, -0.1) is 11.3 Å². The molecule has 2 aromatic carbocycles. The second-order valence-corrected chi connectivity index (χ2v) is 7.80. The lowest BCUT2D eigenvalue weighted by Gasteiger charge is -2.08. The molecule has 0 saturated heterocycles. The summed E-state index contributed by atoms with van der Waals surface area (Å²) in [6.45, 7) is 1.77. The van der Waals surface area contributed by atoms with Gasteiger partial charge in [-0.25, -0.2) is 5.10 Å². The van der Waals surface area contributed by atoms with Gasteiger partial charge < -0.3 is 9.15 Å². The zero-order valence-corrected chi connectivity index (χ0v) is 17.0. The van der Waals surface area contributed by atoms with E-state index in [1.165, 1.54) is 17.4 Å². The predicted molar refractivity (Wildman–Crippen MR) is 118 cm³/mol. The van der Waals surface area contributed by atoms with E-state index in [1.54, 1.807) is 26.2 Å². The van der Waals surface area contributed by atoms with E-state index < -0.39 is 0 Å². The van der Waals surface area contributed by atoms with Gasteiger partial charge in [-0.3, -0.25) is 9.59 Å². The number of ether oxygens (including phenoxy) is 1. The second kappa shape index (κ2) is 6.96. The number of aromatic nitrogens is 2. The van der Waals surface area contributed by atoms with Gasteiger partial charge in [0.05, 0.1) is 18.2 Å². The largest absolute Gasteiger partial charge is 0.497 e. The lowest BCUT2D eigenvalue weighted by molar-refractivity contribution is 0.415. The lowest BCUT2D eigenvalue weighted by atomic mass is 10.0. The summed E-state index contributed by atoms with van der Waals surface area (Å²) in [5.74, 6) is 1.22. The smallest absolute Gasteiger partial charge is 0.272 e. The fraction of sp³-hybridized carbons (Fsp3) is 0.0870. The van der Waals surface area contributed by atoms with Crippen molar-refractivity contribution in [2.75, 3.05) is 7.11 Å². The average Bonchev–Trinajstić information content (AvgIpc) is 3.18. The van der Waals surface area contributed by atoms with Gasteiger partial charge in [0.15, 0.2) is 5.58 Å². The van der Waals surface area contributed by atoms with Crippen LogP contribution in [0.2, 0.25) is 0 Å². The van der Waals surface area contributed by atoms with Gasteiger partial charge in [-0.2, -0.15) is 5.10 Å². The summed E-state index contributed by atoms with van der Waals surface area (Å²) in [5, 5.41) is 10.0. The van der Waals surface area contributed by atoms with E-state index in [9.17, 15) is 9.59 Å². The SMILES string of the molecule is COc1ccc2c(=O)[nH]nc(-c3cccc(-c4csc5c(=O)cc(C)oc45)c3)c2c1. The van der Waals surface area contributed by atoms with E-state index in [4.69, 9.17) is 9.15 Å². The molecular weight excluding hydrogens is 400 g/mol. The minimum Gasteiger partial charge on any atom is -0.497 e. The van der Waals surface area contributed by atoms with E-state index in [0.717, 1.165) is 16.7 Å². The summed E-state index contributed by atoms with van der Waals surface area (Å²) in [6.07, 6.45) is 0. The van der Waals surface area contributed by atoms with Crippen molar-refractivity contribution >= 4 is 32.4 Å². The van der Waals surface area contributed by atoms with Crippen LogP contribution < -0.4 is 15.7 Å². The van der Waals surface area contributed by atoms with E-state index in [0.29, 0.717) is 38.3 Å². The van der Waals surface area contributed by atoms with Crippen LogP contribution in [0.15, 0.2) is 67.9 Å². The van der Waals surface area contributed by atoms with Crippen molar-refractivity contribution in [1.82, 2.24) is 10.2 Å². The van der Waals surface area contributed by atoms with Crippen LogP contribution in [0.1, 0.15) is 5.76 Å². The number of nitrogens with zero attached hydrogens (tertiary/aromatic N) is 1. The first-order valence-electron chi connectivity index (χ1n) is 9.24. The van der Waals surface area contributed by atoms with Crippen LogP contribution in [0, 0.1) is 6.92 Å². The number of methoxy groups -OCH3 is 1. The number of hydrogen-bond acceptors (Lipinski definition) is 6. The highest BCUT2D eigenvalue weighted by atomic mass is 32.1. The molecular formula is C23H16N2O4S. The molecule has 0 aliphatic rings. The molecule has 7 heteroatoms. The number of aromatic amines is 1. The Balaban J connectivity index is 1.73. The van der Waals surface area contributed by atoms with Crippen molar-refractivity contribution in [3.05, 3.63) is 80.2 Å². The van der Waals surface area contributed by atoms with Gasteiger partial charge in [0.1, 0.15) is 16.2 Å². The number of H-pyrrole nitrogens is 1. The van der Waals surface area contributed by atoms with Gasteiger partial charge in [-0.05, 0) is 36.8 Å². The highest BCUT2D eigenvalue weighted by molar-refractivity contribution is 7.17. The van der Waals surface area contributed by atoms with Crippen LogP contribution in [0.3, 0.4) is 0 Å². The quantitative estimate of drug-likeness (QED) is 0.459. The number of nitrogens with one attached hydrogen (secondary N) is 1. The Kier molecular flexibility index (Phi) is 4.25. The molecule has 0 aliphatic carbocycles. The topological polar surface area (TPSA) is 85.2 Å². The fourth-order valence-electron chi connectivity index (χ4n) is 3.58. The van der Waals surface area contributed by atoms with E-state index in [1.807, 2.05) is 35.7 Å². The average molecular weight is 416 g/mol. The number of aryl methyl sites for hydroxylation is 1. The first-order chi connectivity index (χ1) is 14.5. The van der Waals surface area contributed by atoms with Gasteiger partial charge in [0.25, 0.3) is 5.56 Å². The highest BCUT2D eigenvalue weighted by Crippen LogP contribution is 2.35. The molecule has 0 aliphatic heterocycles. The van der Waals surface area contributed by atoms with Crippen molar-refractivity contribution in [2.45, 2.75) is 6.92 Å². The molecule has 0 amide bonds. The lowest BCUT2D eigenvalue weighted by Crippen LogP contribution is -2.09. The minimum absolute atomic E-state index is 0.0402. The van der Waals surface area contributed by atoms with Crippen molar-refractivity contribution in [3.8, 4) is 28.1 Å². The van der Waals surface area contributed by atoms with Crippen LogP contribution in [0.5, 0.6) is 5.75 Å².